The van der Waals surface area contributed by atoms with Crippen molar-refractivity contribution in [2.75, 3.05) is 27.2 Å². The summed E-state index contributed by atoms with van der Waals surface area (Å²) < 4.78 is 11.4. The van der Waals surface area contributed by atoms with E-state index < -0.39 is 0 Å². The molecule has 1 aliphatic heterocycles. The Kier molecular flexibility index (Phi) is 4.86. The molecule has 1 aromatic rings. The van der Waals surface area contributed by atoms with Crippen molar-refractivity contribution in [3.8, 4) is 17.6 Å². The summed E-state index contributed by atoms with van der Waals surface area (Å²) in [7, 11) is 3.74. The summed E-state index contributed by atoms with van der Waals surface area (Å²) in [6.07, 6.45) is 2.44. The van der Waals surface area contributed by atoms with E-state index in [2.05, 4.69) is 24.9 Å². The van der Waals surface area contributed by atoms with Gasteiger partial charge in [-0.1, -0.05) is 6.07 Å². The number of rotatable bonds is 4. The first kappa shape index (κ1) is 14.7. The van der Waals surface area contributed by atoms with E-state index in [1.165, 1.54) is 12.8 Å². The van der Waals surface area contributed by atoms with Gasteiger partial charge in [0.15, 0.2) is 11.5 Å². The van der Waals surface area contributed by atoms with Crippen molar-refractivity contribution in [2.24, 2.45) is 5.92 Å². The predicted octanol–water partition coefficient (Wildman–Crippen LogP) is 2.68. The van der Waals surface area contributed by atoms with Crippen molar-refractivity contribution >= 4 is 0 Å². The Hall–Kier alpha value is -1.73. The van der Waals surface area contributed by atoms with Gasteiger partial charge in [0.1, 0.15) is 12.2 Å². The highest BCUT2D eigenvalue weighted by molar-refractivity contribution is 5.52. The van der Waals surface area contributed by atoms with Gasteiger partial charge < -0.3 is 14.4 Å². The molecule has 1 aliphatic rings. The van der Waals surface area contributed by atoms with E-state index >= 15 is 0 Å². The number of piperidine rings is 1. The van der Waals surface area contributed by atoms with Crippen molar-refractivity contribution in [1.82, 2.24) is 4.90 Å². The van der Waals surface area contributed by atoms with Crippen LogP contribution >= 0.6 is 0 Å². The zero-order valence-corrected chi connectivity index (χ0v) is 12.4. The van der Waals surface area contributed by atoms with Crippen LogP contribution in [0.4, 0.5) is 0 Å². The number of ether oxygens (including phenoxy) is 2. The summed E-state index contributed by atoms with van der Waals surface area (Å²) >= 11 is 0. The summed E-state index contributed by atoms with van der Waals surface area (Å²) in [6.45, 7) is 4.27. The molecule has 1 aromatic carbocycles. The topological polar surface area (TPSA) is 45.5 Å². The summed E-state index contributed by atoms with van der Waals surface area (Å²) in [5.41, 5.74) is 0.528. The molecule has 0 aromatic heterocycles. The van der Waals surface area contributed by atoms with Crippen LogP contribution in [-0.4, -0.2) is 38.3 Å². The minimum Gasteiger partial charge on any atom is -0.493 e. The van der Waals surface area contributed by atoms with Crippen molar-refractivity contribution < 1.29 is 9.47 Å². The summed E-state index contributed by atoms with van der Waals surface area (Å²) in [6, 6.07) is 7.57. The third kappa shape index (κ3) is 3.23. The third-order valence-corrected chi connectivity index (χ3v) is 3.95. The van der Waals surface area contributed by atoms with E-state index in [0.29, 0.717) is 23.0 Å². The Morgan fingerprint density at radius 1 is 1.45 bits per heavy atom. The first-order valence-electron chi connectivity index (χ1n) is 7.08. The van der Waals surface area contributed by atoms with Gasteiger partial charge in [-0.05, 0) is 45.5 Å². The smallest absolute Gasteiger partial charge is 0.179 e. The fourth-order valence-corrected chi connectivity index (χ4v) is 2.76. The average Bonchev–Trinajstić information content (AvgIpc) is 2.47. The quantitative estimate of drug-likeness (QED) is 0.847. The number of likely N-dealkylation sites (tertiary alicyclic amines) is 1. The molecule has 2 rings (SSSR count). The van der Waals surface area contributed by atoms with Gasteiger partial charge in [0.05, 0.1) is 12.7 Å². The zero-order chi connectivity index (χ0) is 14.5. The van der Waals surface area contributed by atoms with Crippen molar-refractivity contribution in [3.63, 3.8) is 0 Å². The maximum absolute atomic E-state index is 9.21. The molecule has 0 spiro atoms. The predicted molar refractivity (Wildman–Crippen MR) is 78.0 cm³/mol. The highest BCUT2D eigenvalue weighted by Gasteiger charge is 2.25. The lowest BCUT2D eigenvalue weighted by Crippen LogP contribution is -2.39. The lowest BCUT2D eigenvalue weighted by atomic mass is 9.93. The fourth-order valence-electron chi connectivity index (χ4n) is 2.76. The first-order chi connectivity index (χ1) is 9.65. The van der Waals surface area contributed by atoms with E-state index in [0.717, 1.165) is 13.1 Å². The molecule has 0 bridgehead atoms. The molecular weight excluding hydrogens is 252 g/mol. The summed E-state index contributed by atoms with van der Waals surface area (Å²) in [5, 5.41) is 9.21. The number of nitrogens with zero attached hydrogens (tertiary/aromatic N) is 2. The average molecular weight is 274 g/mol. The van der Waals surface area contributed by atoms with Crippen LogP contribution < -0.4 is 9.47 Å². The van der Waals surface area contributed by atoms with Crippen LogP contribution in [0.25, 0.3) is 0 Å². The highest BCUT2D eigenvalue weighted by atomic mass is 16.5. The van der Waals surface area contributed by atoms with Gasteiger partial charge >= 0.3 is 0 Å². The molecule has 0 radical (unpaired) electrons. The largest absolute Gasteiger partial charge is 0.493 e. The Morgan fingerprint density at radius 2 is 2.25 bits per heavy atom. The van der Waals surface area contributed by atoms with Crippen LogP contribution in [0.1, 0.15) is 25.3 Å². The van der Waals surface area contributed by atoms with Gasteiger partial charge in [0.2, 0.25) is 0 Å². The second kappa shape index (κ2) is 6.62. The molecule has 2 atom stereocenters. The van der Waals surface area contributed by atoms with Crippen LogP contribution in [0.15, 0.2) is 18.2 Å². The second-order valence-electron chi connectivity index (χ2n) is 5.44. The Balaban J connectivity index is 2.14. The number of nitriles is 1. The van der Waals surface area contributed by atoms with Gasteiger partial charge in [0.25, 0.3) is 0 Å². The van der Waals surface area contributed by atoms with E-state index in [9.17, 15) is 5.26 Å². The van der Waals surface area contributed by atoms with Crippen LogP contribution in [0.5, 0.6) is 11.5 Å². The van der Waals surface area contributed by atoms with E-state index in [4.69, 9.17) is 9.47 Å². The van der Waals surface area contributed by atoms with Crippen LogP contribution in [0, 0.1) is 17.2 Å². The van der Waals surface area contributed by atoms with Crippen molar-refractivity contribution in [2.45, 2.75) is 25.9 Å². The molecule has 0 amide bonds. The van der Waals surface area contributed by atoms with Crippen molar-refractivity contribution in [3.05, 3.63) is 23.8 Å². The Morgan fingerprint density at radius 3 is 2.90 bits per heavy atom. The summed E-state index contributed by atoms with van der Waals surface area (Å²) in [4.78, 5) is 2.33. The van der Waals surface area contributed by atoms with Crippen LogP contribution in [-0.2, 0) is 0 Å². The molecule has 0 saturated carbocycles. The molecule has 0 aliphatic carbocycles. The minimum absolute atomic E-state index is 0.0705. The molecule has 1 fully saturated rings. The van der Waals surface area contributed by atoms with E-state index in [1.807, 2.05) is 12.1 Å². The van der Waals surface area contributed by atoms with Gasteiger partial charge in [-0.2, -0.15) is 5.26 Å². The maximum Gasteiger partial charge on any atom is 0.179 e. The highest BCUT2D eigenvalue weighted by Crippen LogP contribution is 2.33. The Labute approximate surface area is 120 Å². The first-order valence-corrected chi connectivity index (χ1v) is 7.08. The summed E-state index contributed by atoms with van der Waals surface area (Å²) in [5.74, 6) is 1.68. The maximum atomic E-state index is 9.21. The molecule has 1 saturated heterocycles. The van der Waals surface area contributed by atoms with E-state index in [-0.39, 0.29) is 6.10 Å². The molecule has 108 valence electrons. The number of hydrogen-bond acceptors (Lipinski definition) is 4. The van der Waals surface area contributed by atoms with Crippen molar-refractivity contribution in [1.29, 1.82) is 5.26 Å². The molecular formula is C16H22N2O2. The van der Waals surface area contributed by atoms with Gasteiger partial charge in [-0.15, -0.1) is 0 Å². The van der Waals surface area contributed by atoms with Crippen LogP contribution in [0.2, 0.25) is 0 Å². The second-order valence-corrected chi connectivity index (χ2v) is 5.44. The van der Waals surface area contributed by atoms with Gasteiger partial charge in [-0.3, -0.25) is 0 Å². The lowest BCUT2D eigenvalue weighted by molar-refractivity contribution is 0.0875. The lowest BCUT2D eigenvalue weighted by Gasteiger charge is -2.33. The molecule has 2 unspecified atom stereocenters. The minimum atomic E-state index is 0.0705. The normalized spacial score (nSPS) is 21.0. The van der Waals surface area contributed by atoms with Crippen LogP contribution in [0.3, 0.4) is 0 Å². The zero-order valence-electron chi connectivity index (χ0n) is 12.4. The molecule has 4 heteroatoms. The standard InChI is InChI=1S/C16H22N2O2/c1-12(14-7-5-9-18(2)11-14)20-16-13(10-17)6-4-8-15(16)19-3/h4,6,8,12,14H,5,7,9,11H2,1-3H3. The third-order valence-electron chi connectivity index (χ3n) is 3.95. The molecule has 20 heavy (non-hydrogen) atoms. The number of para-hydroxylation sites is 1. The molecule has 4 nitrogen and oxygen atoms in total. The van der Waals surface area contributed by atoms with Gasteiger partial charge in [-0.25, -0.2) is 0 Å². The molecule has 1 heterocycles. The van der Waals surface area contributed by atoms with Gasteiger partial charge in [0, 0.05) is 12.5 Å². The number of hydrogen-bond donors (Lipinski definition) is 0. The fraction of sp³-hybridized carbons (Fsp3) is 0.562. The SMILES string of the molecule is COc1cccc(C#N)c1OC(C)C1CCCN(C)C1. The Bertz CT molecular complexity index is 496. The monoisotopic (exact) mass is 274 g/mol. The molecule has 0 N–H and O–H groups in total. The van der Waals surface area contributed by atoms with E-state index in [1.54, 1.807) is 13.2 Å². The number of methoxy groups -OCH3 is 1. The number of benzene rings is 1.